The first-order chi connectivity index (χ1) is 7.25. The molecule has 0 saturated heterocycles. The normalized spacial score (nSPS) is 10.3. The maximum Gasteiger partial charge on any atom is 0.144 e. The minimum atomic E-state index is 0.649. The summed E-state index contributed by atoms with van der Waals surface area (Å²) in [6, 6.07) is 1.96. The molecule has 0 radical (unpaired) electrons. The third-order valence-corrected chi connectivity index (χ3v) is 2.45. The lowest BCUT2D eigenvalue weighted by Gasteiger charge is -2.04. The number of nitrogens with one attached hydrogen (secondary N) is 1. The molecule has 0 aliphatic rings. The Morgan fingerprint density at radius 3 is 3.07 bits per heavy atom. The fourth-order valence-corrected chi connectivity index (χ4v) is 1.54. The van der Waals surface area contributed by atoms with E-state index in [1.807, 2.05) is 19.3 Å². The highest BCUT2D eigenvalue weighted by molar-refractivity contribution is 9.10. The molecule has 15 heavy (non-hydrogen) atoms. The second-order valence-electron chi connectivity index (χ2n) is 3.05. The fourth-order valence-electron chi connectivity index (χ4n) is 1.17. The van der Waals surface area contributed by atoms with Gasteiger partial charge >= 0.3 is 0 Å². The molecule has 0 atom stereocenters. The van der Waals surface area contributed by atoms with Crippen LogP contribution in [0.3, 0.4) is 0 Å². The summed E-state index contributed by atoms with van der Waals surface area (Å²) in [7, 11) is 1.89. The summed E-state index contributed by atoms with van der Waals surface area (Å²) >= 11 is 3.36. The number of halogens is 1. The van der Waals surface area contributed by atoms with E-state index in [0.717, 1.165) is 16.0 Å². The lowest BCUT2D eigenvalue weighted by atomic mass is 10.4. The van der Waals surface area contributed by atoms with Crippen molar-refractivity contribution >= 4 is 21.7 Å². The zero-order valence-electron chi connectivity index (χ0n) is 8.18. The monoisotopic (exact) mass is 267 g/mol. The number of hydrogen-bond acceptors (Lipinski definition) is 4. The Labute approximate surface area is 95.7 Å². The zero-order chi connectivity index (χ0) is 10.7. The van der Waals surface area contributed by atoms with Gasteiger partial charge in [-0.2, -0.15) is 5.10 Å². The van der Waals surface area contributed by atoms with Crippen LogP contribution in [0.15, 0.2) is 29.3 Å². The topological polar surface area (TPSA) is 55.6 Å². The van der Waals surface area contributed by atoms with Crippen LogP contribution < -0.4 is 5.32 Å². The van der Waals surface area contributed by atoms with Crippen molar-refractivity contribution in [3.8, 4) is 0 Å². The molecule has 0 unspecified atom stereocenters. The third-order valence-electron chi connectivity index (χ3n) is 1.87. The third kappa shape index (κ3) is 2.53. The van der Waals surface area contributed by atoms with Gasteiger partial charge in [0.15, 0.2) is 0 Å². The Hall–Kier alpha value is -1.43. The highest BCUT2D eigenvalue weighted by Gasteiger charge is 2.01. The van der Waals surface area contributed by atoms with Gasteiger partial charge in [-0.05, 0) is 22.0 Å². The minimum Gasteiger partial charge on any atom is -0.363 e. The number of anilines is 1. The van der Waals surface area contributed by atoms with Gasteiger partial charge in [0.05, 0.1) is 16.7 Å². The molecule has 0 aromatic carbocycles. The predicted octanol–water partition coefficient (Wildman–Crippen LogP) is 1.58. The summed E-state index contributed by atoms with van der Waals surface area (Å²) in [6.45, 7) is 0.649. The van der Waals surface area contributed by atoms with E-state index in [-0.39, 0.29) is 0 Å². The molecule has 78 valence electrons. The molecular weight excluding hydrogens is 258 g/mol. The van der Waals surface area contributed by atoms with Gasteiger partial charge in [-0.15, -0.1) is 0 Å². The van der Waals surface area contributed by atoms with Crippen LogP contribution in [-0.2, 0) is 13.6 Å². The maximum atomic E-state index is 4.25. The summed E-state index contributed by atoms with van der Waals surface area (Å²) in [6.07, 6.45) is 5.12. The van der Waals surface area contributed by atoms with Crippen molar-refractivity contribution < 1.29 is 0 Å². The first-order valence-electron chi connectivity index (χ1n) is 4.43. The van der Waals surface area contributed by atoms with Gasteiger partial charge in [0.25, 0.3) is 0 Å². The summed E-state index contributed by atoms with van der Waals surface area (Å²) in [5, 5.41) is 7.42. The molecule has 5 nitrogen and oxygen atoms in total. The molecule has 0 saturated carbocycles. The van der Waals surface area contributed by atoms with Gasteiger partial charge in [-0.25, -0.2) is 9.97 Å². The van der Waals surface area contributed by atoms with Gasteiger partial charge in [-0.1, -0.05) is 0 Å². The van der Waals surface area contributed by atoms with E-state index in [1.54, 1.807) is 10.9 Å². The lowest BCUT2D eigenvalue weighted by molar-refractivity contribution is 0.747. The van der Waals surface area contributed by atoms with Crippen LogP contribution in [0.4, 0.5) is 5.82 Å². The van der Waals surface area contributed by atoms with Crippen LogP contribution in [-0.4, -0.2) is 19.7 Å². The van der Waals surface area contributed by atoms with Crippen molar-refractivity contribution in [3.63, 3.8) is 0 Å². The Morgan fingerprint density at radius 2 is 2.40 bits per heavy atom. The molecule has 0 amide bonds. The van der Waals surface area contributed by atoms with Crippen molar-refractivity contribution in [2.24, 2.45) is 7.05 Å². The van der Waals surface area contributed by atoms with Crippen molar-refractivity contribution in [1.29, 1.82) is 0 Å². The van der Waals surface area contributed by atoms with Crippen LogP contribution in [0.25, 0.3) is 0 Å². The first kappa shape index (κ1) is 10.1. The molecule has 6 heteroatoms. The molecule has 1 N–H and O–H groups in total. The van der Waals surface area contributed by atoms with E-state index >= 15 is 0 Å². The van der Waals surface area contributed by atoms with E-state index in [4.69, 9.17) is 0 Å². The van der Waals surface area contributed by atoms with Crippen LogP contribution in [0.1, 0.15) is 5.69 Å². The van der Waals surface area contributed by atoms with Gasteiger partial charge in [0.1, 0.15) is 12.1 Å². The highest BCUT2D eigenvalue weighted by Crippen LogP contribution is 2.17. The van der Waals surface area contributed by atoms with E-state index in [9.17, 15) is 0 Å². The fraction of sp³-hybridized carbons (Fsp3) is 0.222. The van der Waals surface area contributed by atoms with Crippen LogP contribution >= 0.6 is 15.9 Å². The van der Waals surface area contributed by atoms with Crippen LogP contribution in [0, 0.1) is 0 Å². The quantitative estimate of drug-likeness (QED) is 0.918. The Kier molecular flexibility index (Phi) is 2.96. The standard InChI is InChI=1S/C9H10BrN5/c1-15-3-2-7(14-15)4-12-9-8(10)5-11-6-13-9/h2-3,5-6H,4H2,1H3,(H,11,12,13). The van der Waals surface area contributed by atoms with E-state index in [1.165, 1.54) is 6.33 Å². The van der Waals surface area contributed by atoms with Gasteiger partial charge in [0, 0.05) is 19.4 Å². The smallest absolute Gasteiger partial charge is 0.144 e. The molecule has 0 spiro atoms. The molecular formula is C9H10BrN5. The molecule has 2 rings (SSSR count). The average molecular weight is 268 g/mol. The van der Waals surface area contributed by atoms with Gasteiger partial charge in [0.2, 0.25) is 0 Å². The molecule has 2 aromatic rings. The van der Waals surface area contributed by atoms with Crippen LogP contribution in [0.2, 0.25) is 0 Å². The second kappa shape index (κ2) is 4.39. The highest BCUT2D eigenvalue weighted by atomic mass is 79.9. The van der Waals surface area contributed by atoms with Gasteiger partial charge in [-0.3, -0.25) is 4.68 Å². The lowest BCUT2D eigenvalue weighted by Crippen LogP contribution is -2.03. The summed E-state index contributed by atoms with van der Waals surface area (Å²) < 4.78 is 2.62. The molecule has 2 heterocycles. The number of nitrogens with zero attached hydrogens (tertiary/aromatic N) is 4. The number of aryl methyl sites for hydroxylation is 1. The first-order valence-corrected chi connectivity index (χ1v) is 5.23. The largest absolute Gasteiger partial charge is 0.363 e. The number of hydrogen-bond donors (Lipinski definition) is 1. The van der Waals surface area contributed by atoms with Crippen molar-refractivity contribution in [2.75, 3.05) is 5.32 Å². The van der Waals surface area contributed by atoms with Crippen molar-refractivity contribution in [3.05, 3.63) is 35.0 Å². The molecule has 0 aliphatic heterocycles. The number of rotatable bonds is 3. The summed E-state index contributed by atoms with van der Waals surface area (Å²) in [5.41, 5.74) is 0.975. The summed E-state index contributed by atoms with van der Waals surface area (Å²) in [4.78, 5) is 7.98. The number of aromatic nitrogens is 4. The van der Waals surface area contributed by atoms with E-state index in [0.29, 0.717) is 6.54 Å². The Morgan fingerprint density at radius 1 is 1.53 bits per heavy atom. The van der Waals surface area contributed by atoms with Crippen LogP contribution in [0.5, 0.6) is 0 Å². The average Bonchev–Trinajstić information content (AvgIpc) is 2.63. The summed E-state index contributed by atoms with van der Waals surface area (Å²) in [5.74, 6) is 0.774. The Bertz CT molecular complexity index is 453. The minimum absolute atomic E-state index is 0.649. The maximum absolute atomic E-state index is 4.25. The van der Waals surface area contributed by atoms with E-state index in [2.05, 4.69) is 36.3 Å². The predicted molar refractivity (Wildman–Crippen MR) is 60.3 cm³/mol. The molecule has 0 fully saturated rings. The Balaban J connectivity index is 2.02. The van der Waals surface area contributed by atoms with Crippen molar-refractivity contribution in [2.45, 2.75) is 6.54 Å². The molecule has 0 bridgehead atoms. The van der Waals surface area contributed by atoms with Gasteiger partial charge < -0.3 is 5.32 Å². The van der Waals surface area contributed by atoms with Crippen molar-refractivity contribution in [1.82, 2.24) is 19.7 Å². The SMILES string of the molecule is Cn1ccc(CNc2ncncc2Br)n1. The van der Waals surface area contributed by atoms with E-state index < -0.39 is 0 Å². The molecule has 0 aliphatic carbocycles. The second-order valence-corrected chi connectivity index (χ2v) is 3.91. The zero-order valence-corrected chi connectivity index (χ0v) is 9.77. The molecule has 2 aromatic heterocycles.